The Hall–Kier alpha value is -4.02. The number of hydrogen-bond donors (Lipinski definition) is 3. The molecule has 3 aromatic carbocycles. The van der Waals surface area contributed by atoms with Gasteiger partial charge in [-0.15, -0.1) is 0 Å². The molecule has 0 aliphatic heterocycles. The van der Waals surface area contributed by atoms with Crippen molar-refractivity contribution < 1.29 is 38.4 Å². The highest BCUT2D eigenvalue weighted by Crippen LogP contribution is 2.34. The van der Waals surface area contributed by atoms with Crippen LogP contribution >= 0.6 is 12.6 Å². The molecule has 2 atom stereocenters. The minimum atomic E-state index is -1.09. The van der Waals surface area contributed by atoms with Crippen LogP contribution < -0.4 is 14.8 Å². The van der Waals surface area contributed by atoms with Crippen LogP contribution in [0.25, 0.3) is 0 Å². The zero-order valence-electron chi connectivity index (χ0n) is 20.5. The molecule has 3 aromatic rings. The second-order valence-corrected chi connectivity index (χ2v) is 8.21. The Morgan fingerprint density at radius 3 is 2.21 bits per heavy atom. The smallest absolute Gasteiger partial charge is 0.414 e. The van der Waals surface area contributed by atoms with Gasteiger partial charge in [0.25, 0.3) is 5.91 Å². The third-order valence-corrected chi connectivity index (χ3v) is 5.48. The van der Waals surface area contributed by atoms with Crippen molar-refractivity contribution in [2.45, 2.75) is 18.6 Å². The average Bonchev–Trinajstić information content (AvgIpc) is 2.95. The third-order valence-electron chi connectivity index (χ3n) is 5.22. The van der Waals surface area contributed by atoms with Crippen LogP contribution in [0, 0.1) is 0 Å². The number of aliphatic hydroxyl groups is 1. The summed E-state index contributed by atoms with van der Waals surface area (Å²) >= 11 is 3.92. The number of carbonyl (C=O) groups is 3. The molecule has 0 spiro atoms. The lowest BCUT2D eigenvalue weighted by atomic mass is 10.0. The molecule has 0 aromatic heterocycles. The molecule has 0 bridgehead atoms. The van der Waals surface area contributed by atoms with Crippen molar-refractivity contribution >= 4 is 30.6 Å². The zero-order valence-corrected chi connectivity index (χ0v) is 21.4. The maximum absolute atomic E-state index is 12.9. The number of carbonyl (C=O) groups excluding carboxylic acids is 3. The zero-order chi connectivity index (χ0) is 27.2. The van der Waals surface area contributed by atoms with Crippen molar-refractivity contribution in [1.29, 1.82) is 0 Å². The summed E-state index contributed by atoms with van der Waals surface area (Å²) in [6, 6.07) is 23.9. The Balaban J connectivity index is 1.92. The minimum Gasteiger partial charge on any atom is -0.491 e. The van der Waals surface area contributed by atoms with Gasteiger partial charge >= 0.3 is 12.1 Å². The highest BCUT2D eigenvalue weighted by atomic mass is 32.1. The Labute approximate surface area is 226 Å². The Morgan fingerprint density at radius 1 is 0.868 bits per heavy atom. The lowest BCUT2D eigenvalue weighted by Crippen LogP contribution is -2.37. The molecule has 3 rings (SSSR count). The SMILES string of the molecule is O=C(CS)OCC[C@@H](Oc1ccccc1)[C@H](OC(=O)NC(=O)c1ccccc1)c1ccccc1OCCO. The fraction of sp³-hybridized carbons (Fsp3) is 0.250. The van der Waals surface area contributed by atoms with Crippen LogP contribution in [-0.2, 0) is 14.3 Å². The minimum absolute atomic E-state index is 0.00614. The number of rotatable bonds is 13. The molecule has 2 amide bonds. The molecule has 0 radical (unpaired) electrons. The summed E-state index contributed by atoms with van der Waals surface area (Å²) in [4.78, 5) is 37.2. The number of benzene rings is 3. The largest absolute Gasteiger partial charge is 0.491 e. The van der Waals surface area contributed by atoms with Gasteiger partial charge in [-0.2, -0.15) is 12.6 Å². The van der Waals surface area contributed by atoms with Gasteiger partial charge in [0.1, 0.15) is 24.2 Å². The fourth-order valence-corrected chi connectivity index (χ4v) is 3.61. The summed E-state index contributed by atoms with van der Waals surface area (Å²) in [5.41, 5.74) is 0.716. The molecule has 0 heterocycles. The van der Waals surface area contributed by atoms with Crippen molar-refractivity contribution in [3.05, 3.63) is 96.1 Å². The summed E-state index contributed by atoms with van der Waals surface area (Å²) in [6.45, 7) is -0.261. The summed E-state index contributed by atoms with van der Waals surface area (Å²) in [7, 11) is 0. The highest BCUT2D eigenvalue weighted by Gasteiger charge is 2.32. The van der Waals surface area contributed by atoms with Gasteiger partial charge in [-0.05, 0) is 30.3 Å². The molecule has 10 heteroatoms. The summed E-state index contributed by atoms with van der Waals surface area (Å²) in [6.07, 6.45) is -2.83. The average molecular weight is 540 g/mol. The molecule has 0 saturated heterocycles. The number of nitrogens with one attached hydrogen (secondary N) is 1. The second kappa shape index (κ2) is 15.3. The summed E-state index contributed by atoms with van der Waals surface area (Å²) in [5.74, 6) is -0.403. The molecular weight excluding hydrogens is 510 g/mol. The van der Waals surface area contributed by atoms with E-state index in [1.54, 1.807) is 78.9 Å². The molecule has 0 saturated carbocycles. The monoisotopic (exact) mass is 539 g/mol. The number of thiol groups is 1. The van der Waals surface area contributed by atoms with Gasteiger partial charge < -0.3 is 24.1 Å². The number of amides is 2. The van der Waals surface area contributed by atoms with Crippen LogP contribution in [0.3, 0.4) is 0 Å². The van der Waals surface area contributed by atoms with Gasteiger partial charge in [0, 0.05) is 17.5 Å². The van der Waals surface area contributed by atoms with Crippen LogP contribution in [0.4, 0.5) is 4.79 Å². The first-order valence-electron chi connectivity index (χ1n) is 11.9. The van der Waals surface area contributed by atoms with E-state index < -0.39 is 30.2 Å². The second-order valence-electron chi connectivity index (χ2n) is 7.89. The van der Waals surface area contributed by atoms with Crippen molar-refractivity contribution in [2.75, 3.05) is 25.6 Å². The molecule has 0 fully saturated rings. The maximum Gasteiger partial charge on any atom is 0.414 e. The molecule has 9 nitrogen and oxygen atoms in total. The van der Waals surface area contributed by atoms with E-state index in [0.717, 1.165) is 0 Å². The topological polar surface area (TPSA) is 120 Å². The normalized spacial score (nSPS) is 12.1. The molecule has 0 aliphatic rings. The van der Waals surface area contributed by atoms with E-state index in [2.05, 4.69) is 17.9 Å². The van der Waals surface area contributed by atoms with Gasteiger partial charge in [-0.25, -0.2) is 4.79 Å². The van der Waals surface area contributed by atoms with Crippen LogP contribution in [-0.4, -0.2) is 54.8 Å². The number of alkyl carbamates (subject to hydrolysis) is 1. The van der Waals surface area contributed by atoms with Crippen LogP contribution in [0.2, 0.25) is 0 Å². The number of ether oxygens (including phenoxy) is 4. The lowest BCUT2D eigenvalue weighted by molar-refractivity contribution is -0.141. The Bertz CT molecular complexity index is 1180. The number of hydrogen-bond acceptors (Lipinski definition) is 9. The molecule has 0 aliphatic carbocycles. The van der Waals surface area contributed by atoms with Crippen molar-refractivity contribution in [2.24, 2.45) is 0 Å². The Kier molecular flexibility index (Phi) is 11.5. The van der Waals surface area contributed by atoms with E-state index in [0.29, 0.717) is 17.1 Å². The van der Waals surface area contributed by atoms with Gasteiger partial charge in [-0.1, -0.05) is 54.6 Å². The highest BCUT2D eigenvalue weighted by molar-refractivity contribution is 7.81. The Morgan fingerprint density at radius 2 is 1.53 bits per heavy atom. The van der Waals surface area contributed by atoms with Gasteiger partial charge in [0.2, 0.25) is 0 Å². The standard InChI is InChI=1S/C28H29NO8S/c30-16-18-34-23-14-8-7-13-22(23)26(37-28(33)29-27(32)20-9-3-1-4-10-20)24(15-17-35-25(31)19-38)36-21-11-5-2-6-12-21/h1-14,24,26,30,38H,15-19H2,(H,29,32,33)/t24-,26-/m1/s1. The summed E-state index contributed by atoms with van der Waals surface area (Å²) in [5, 5.41) is 11.5. The number of esters is 1. The number of imide groups is 1. The molecule has 0 unspecified atom stereocenters. The lowest BCUT2D eigenvalue weighted by Gasteiger charge is -2.29. The van der Waals surface area contributed by atoms with E-state index in [9.17, 15) is 19.5 Å². The fourth-order valence-electron chi connectivity index (χ4n) is 3.52. The third kappa shape index (κ3) is 8.82. The molecule has 200 valence electrons. The molecule has 38 heavy (non-hydrogen) atoms. The van der Waals surface area contributed by atoms with Crippen molar-refractivity contribution in [1.82, 2.24) is 5.32 Å². The predicted molar refractivity (Wildman–Crippen MR) is 142 cm³/mol. The van der Waals surface area contributed by atoms with E-state index in [-0.39, 0.29) is 37.6 Å². The van der Waals surface area contributed by atoms with E-state index in [1.165, 1.54) is 0 Å². The van der Waals surface area contributed by atoms with Crippen molar-refractivity contribution in [3.8, 4) is 11.5 Å². The number of aliphatic hydroxyl groups excluding tert-OH is 1. The molecular formula is C28H29NO8S. The van der Waals surface area contributed by atoms with Crippen LogP contribution in [0.1, 0.15) is 28.4 Å². The van der Waals surface area contributed by atoms with Crippen molar-refractivity contribution in [3.63, 3.8) is 0 Å². The van der Waals surface area contributed by atoms with Crippen LogP contribution in [0.15, 0.2) is 84.9 Å². The van der Waals surface area contributed by atoms with Gasteiger partial charge in [-0.3, -0.25) is 14.9 Å². The maximum atomic E-state index is 12.9. The van der Waals surface area contributed by atoms with E-state index in [4.69, 9.17) is 18.9 Å². The predicted octanol–water partition coefficient (Wildman–Crippen LogP) is 3.98. The van der Waals surface area contributed by atoms with Crippen LogP contribution in [0.5, 0.6) is 11.5 Å². The summed E-state index contributed by atoms with van der Waals surface area (Å²) < 4.78 is 22.8. The first-order valence-corrected chi connectivity index (χ1v) is 12.5. The first kappa shape index (κ1) is 28.5. The van der Waals surface area contributed by atoms with Gasteiger partial charge in [0.05, 0.1) is 19.0 Å². The number of para-hydroxylation sites is 2. The quantitative estimate of drug-likeness (QED) is 0.220. The van der Waals surface area contributed by atoms with E-state index in [1.807, 2.05) is 6.07 Å². The van der Waals surface area contributed by atoms with Gasteiger partial charge in [0.15, 0.2) is 6.10 Å². The van der Waals surface area contributed by atoms with E-state index >= 15 is 0 Å². The molecule has 2 N–H and O–H groups in total. The first-order chi connectivity index (χ1) is 18.5.